The quantitative estimate of drug-likeness (QED) is 0.311. The molecule has 210 valence electrons. The molecule has 0 aliphatic carbocycles. The van der Waals surface area contributed by atoms with Crippen LogP contribution in [-0.2, 0) is 16.1 Å². The first kappa shape index (κ1) is 29.6. The van der Waals surface area contributed by atoms with E-state index in [-0.39, 0.29) is 22.6 Å². The number of hydrogen-bond acceptors (Lipinski definition) is 5. The van der Waals surface area contributed by atoms with Gasteiger partial charge in [0.25, 0.3) is 11.3 Å². The van der Waals surface area contributed by atoms with E-state index in [4.69, 9.17) is 0 Å². The van der Waals surface area contributed by atoms with E-state index < -0.39 is 53.9 Å². The predicted molar refractivity (Wildman–Crippen MR) is 140 cm³/mol. The second-order valence-electron chi connectivity index (χ2n) is 8.97. The zero-order valence-corrected chi connectivity index (χ0v) is 21.3. The van der Waals surface area contributed by atoms with E-state index in [9.17, 15) is 42.3 Å². The van der Waals surface area contributed by atoms with Crippen molar-refractivity contribution in [1.29, 1.82) is 0 Å². The lowest BCUT2D eigenvalue weighted by Crippen LogP contribution is -2.50. The van der Waals surface area contributed by atoms with Crippen LogP contribution in [0.2, 0.25) is 0 Å². The normalized spacial score (nSPS) is 11.9. The lowest BCUT2D eigenvalue weighted by atomic mass is 9.99. The minimum atomic E-state index is -5.18. The summed E-state index contributed by atoms with van der Waals surface area (Å²) in [5.41, 5.74) is -0.704. The molecule has 0 aliphatic heterocycles. The minimum absolute atomic E-state index is 0.0397. The summed E-state index contributed by atoms with van der Waals surface area (Å²) in [5, 5.41) is 16.0. The number of carbonyl (C=O) groups excluding carboxylic acids is 3. The van der Waals surface area contributed by atoms with Gasteiger partial charge in [0, 0.05) is 0 Å². The van der Waals surface area contributed by atoms with Crippen molar-refractivity contribution in [1.82, 2.24) is 9.88 Å². The van der Waals surface area contributed by atoms with Crippen LogP contribution in [-0.4, -0.2) is 45.6 Å². The van der Waals surface area contributed by atoms with E-state index in [0.29, 0.717) is 5.56 Å². The Balaban J connectivity index is 1.94. The number of Topliss-reactive ketones (excluding diaryl/α,β-unsaturated/α-hetero) is 1. The Morgan fingerprint density at radius 3 is 2.08 bits per heavy atom. The molecule has 3 aromatic rings. The number of benzene rings is 2. The number of halogens is 3. The summed E-state index contributed by atoms with van der Waals surface area (Å²) in [6.07, 6.45) is -5.18. The summed E-state index contributed by atoms with van der Waals surface area (Å²) in [4.78, 5) is 62.0. The lowest BCUT2D eigenvalue weighted by molar-refractivity contribution is -0.174. The van der Waals surface area contributed by atoms with Crippen LogP contribution < -0.4 is 21.5 Å². The summed E-state index contributed by atoms with van der Waals surface area (Å²) in [5.74, 6) is -5.35. The van der Waals surface area contributed by atoms with Crippen molar-refractivity contribution in [3.8, 4) is 11.3 Å². The number of pyridine rings is 1. The Labute approximate surface area is 225 Å². The van der Waals surface area contributed by atoms with E-state index in [1.165, 1.54) is 50.2 Å². The molecule has 1 heterocycles. The second kappa shape index (κ2) is 12.3. The predicted octanol–water partition coefficient (Wildman–Crippen LogP) is 4.13. The van der Waals surface area contributed by atoms with Crippen molar-refractivity contribution in [2.45, 2.75) is 32.6 Å². The molecule has 0 fully saturated rings. The highest BCUT2D eigenvalue weighted by Crippen LogP contribution is 2.22. The molecular weight excluding hydrogens is 533 g/mol. The number of carboxylic acid groups (broad SMARTS) is 1. The molecule has 40 heavy (non-hydrogen) atoms. The number of nitrogens with one attached hydrogen (secondary N) is 3. The van der Waals surface area contributed by atoms with Crippen molar-refractivity contribution in [2.75, 3.05) is 10.6 Å². The molecule has 3 rings (SSSR count). The number of urea groups is 1. The van der Waals surface area contributed by atoms with E-state index >= 15 is 0 Å². The van der Waals surface area contributed by atoms with Gasteiger partial charge in [-0.3, -0.25) is 19.0 Å². The molecule has 2 aromatic carbocycles. The molecule has 0 saturated heterocycles. The number of rotatable bonds is 9. The molecule has 0 saturated carbocycles. The van der Waals surface area contributed by atoms with Crippen molar-refractivity contribution in [3.63, 3.8) is 0 Å². The van der Waals surface area contributed by atoms with Crippen LogP contribution >= 0.6 is 0 Å². The SMILES string of the molecule is CC(C)C(NC(=O)Cn1c(-c2ccccc2)ccc(NC(=O)Nc2ccccc2C(=O)O)c1=O)C(=O)C(F)(F)F. The number of carboxylic acids is 1. The van der Waals surface area contributed by atoms with E-state index in [2.05, 4.69) is 16.0 Å². The van der Waals surface area contributed by atoms with Gasteiger partial charge in [0.15, 0.2) is 0 Å². The summed E-state index contributed by atoms with van der Waals surface area (Å²) in [6.45, 7) is 1.90. The van der Waals surface area contributed by atoms with Crippen LogP contribution in [0, 0.1) is 5.92 Å². The fourth-order valence-electron chi connectivity index (χ4n) is 3.82. The average Bonchev–Trinajstić information content (AvgIpc) is 2.89. The first-order valence-electron chi connectivity index (χ1n) is 11.9. The Morgan fingerprint density at radius 1 is 0.875 bits per heavy atom. The fraction of sp³-hybridized carbons (Fsp3) is 0.222. The third kappa shape index (κ3) is 7.12. The summed E-state index contributed by atoms with van der Waals surface area (Å²) in [7, 11) is 0. The number of aromatic nitrogens is 1. The zero-order valence-electron chi connectivity index (χ0n) is 21.3. The highest BCUT2D eigenvalue weighted by Gasteiger charge is 2.45. The van der Waals surface area contributed by atoms with Crippen LogP contribution in [0.15, 0.2) is 71.5 Å². The number of aromatic carboxylic acids is 1. The maximum atomic E-state index is 13.4. The molecule has 3 amide bonds. The molecule has 1 aromatic heterocycles. The number of anilines is 2. The Bertz CT molecular complexity index is 1490. The molecule has 1 atom stereocenters. The maximum absolute atomic E-state index is 13.4. The molecule has 0 radical (unpaired) electrons. The summed E-state index contributed by atoms with van der Waals surface area (Å²) >= 11 is 0. The smallest absolute Gasteiger partial charge is 0.452 e. The van der Waals surface area contributed by atoms with Gasteiger partial charge in [-0.2, -0.15) is 13.2 Å². The van der Waals surface area contributed by atoms with Gasteiger partial charge in [-0.05, 0) is 35.7 Å². The van der Waals surface area contributed by atoms with Crippen molar-refractivity contribution >= 4 is 35.1 Å². The first-order chi connectivity index (χ1) is 18.8. The number of amides is 3. The van der Waals surface area contributed by atoms with Gasteiger partial charge in [-0.15, -0.1) is 0 Å². The summed E-state index contributed by atoms with van der Waals surface area (Å²) < 4.78 is 40.1. The molecular formula is C27H25F3N4O6. The van der Waals surface area contributed by atoms with Gasteiger partial charge in [0.2, 0.25) is 5.91 Å². The Morgan fingerprint density at radius 2 is 1.48 bits per heavy atom. The van der Waals surface area contributed by atoms with Gasteiger partial charge >= 0.3 is 18.2 Å². The number of carbonyl (C=O) groups is 4. The zero-order chi connectivity index (χ0) is 29.6. The monoisotopic (exact) mass is 558 g/mol. The van der Waals surface area contributed by atoms with Crippen molar-refractivity contribution < 1.29 is 37.5 Å². The summed E-state index contributed by atoms with van der Waals surface area (Å²) in [6, 6.07) is 13.8. The number of hydrogen-bond donors (Lipinski definition) is 4. The largest absolute Gasteiger partial charge is 0.478 e. The topological polar surface area (TPSA) is 147 Å². The number of nitrogens with zero attached hydrogens (tertiary/aromatic N) is 1. The first-order valence-corrected chi connectivity index (χ1v) is 11.9. The van der Waals surface area contributed by atoms with E-state index in [0.717, 1.165) is 4.57 Å². The second-order valence-corrected chi connectivity index (χ2v) is 8.97. The Hall–Kier alpha value is -4.94. The molecule has 10 nitrogen and oxygen atoms in total. The van der Waals surface area contributed by atoms with Crippen molar-refractivity contribution in [3.05, 3.63) is 82.6 Å². The van der Waals surface area contributed by atoms with Crippen LogP contribution in [0.3, 0.4) is 0 Å². The van der Waals surface area contributed by atoms with Crippen LogP contribution in [0.4, 0.5) is 29.3 Å². The highest BCUT2D eigenvalue weighted by atomic mass is 19.4. The Kier molecular flexibility index (Phi) is 9.09. The molecule has 0 spiro atoms. The van der Waals surface area contributed by atoms with Gasteiger partial charge in [0.1, 0.15) is 12.2 Å². The van der Waals surface area contributed by atoms with Gasteiger partial charge < -0.3 is 21.1 Å². The van der Waals surface area contributed by atoms with Gasteiger partial charge in [0.05, 0.1) is 23.0 Å². The molecule has 0 bridgehead atoms. The molecule has 4 N–H and O–H groups in total. The maximum Gasteiger partial charge on any atom is 0.452 e. The van der Waals surface area contributed by atoms with Crippen molar-refractivity contribution in [2.24, 2.45) is 5.92 Å². The van der Waals surface area contributed by atoms with E-state index in [1.54, 1.807) is 30.3 Å². The molecule has 13 heteroatoms. The third-order valence-electron chi connectivity index (χ3n) is 5.74. The van der Waals surface area contributed by atoms with Crippen LogP contribution in [0.25, 0.3) is 11.3 Å². The average molecular weight is 559 g/mol. The third-order valence-corrected chi connectivity index (χ3v) is 5.74. The number of para-hydroxylation sites is 1. The lowest BCUT2D eigenvalue weighted by Gasteiger charge is -2.23. The fourth-order valence-corrected chi connectivity index (χ4v) is 3.82. The number of alkyl halides is 3. The minimum Gasteiger partial charge on any atom is -0.478 e. The van der Waals surface area contributed by atoms with Crippen LogP contribution in [0.5, 0.6) is 0 Å². The molecule has 0 aliphatic rings. The standard InChI is InChI=1S/C27H25F3N4O6/c1-15(2)22(23(36)27(28,29)30)33-21(35)14-34-20(16-8-4-3-5-9-16)13-12-19(24(34)37)32-26(40)31-18-11-7-6-10-17(18)25(38)39/h3-13,15,22H,14H2,1-2H3,(H,33,35)(H,38,39)(H2,31,32,40). The highest BCUT2D eigenvalue weighted by molar-refractivity contribution is 6.04. The van der Waals surface area contributed by atoms with E-state index in [1.807, 2.05) is 0 Å². The van der Waals surface area contributed by atoms with Gasteiger partial charge in [-0.1, -0.05) is 56.3 Å². The van der Waals surface area contributed by atoms with Crippen LogP contribution in [0.1, 0.15) is 24.2 Å². The molecule has 1 unspecified atom stereocenters. The number of ketones is 1. The van der Waals surface area contributed by atoms with Gasteiger partial charge in [-0.25, -0.2) is 9.59 Å².